The average molecular weight is 162 g/mol. The Balaban J connectivity index is 2.39. The fraction of sp³-hybridized carbons (Fsp3) is 0.857. The SMILES string of the molecule is C[C@@H]1CCCN(C(=O)Cl)C1. The molecule has 1 aliphatic rings. The Labute approximate surface area is 66.1 Å². The Morgan fingerprint density at radius 3 is 2.80 bits per heavy atom. The van der Waals surface area contributed by atoms with Crippen LogP contribution in [0, 0.1) is 5.92 Å². The standard InChI is InChI=1S/C7H12ClNO/c1-6-3-2-4-9(5-6)7(8)10/h6H,2-5H2,1H3/t6-/m1/s1. The number of rotatable bonds is 0. The van der Waals surface area contributed by atoms with Crippen molar-refractivity contribution in [2.24, 2.45) is 5.92 Å². The van der Waals surface area contributed by atoms with Crippen molar-refractivity contribution in [3.63, 3.8) is 0 Å². The quantitative estimate of drug-likeness (QED) is 0.394. The molecule has 3 heteroatoms. The van der Waals surface area contributed by atoms with Crippen LogP contribution in [0.4, 0.5) is 4.79 Å². The molecule has 58 valence electrons. The molecule has 1 heterocycles. The van der Waals surface area contributed by atoms with Gasteiger partial charge in [-0.15, -0.1) is 0 Å². The lowest BCUT2D eigenvalue weighted by Gasteiger charge is -2.28. The van der Waals surface area contributed by atoms with Crippen molar-refractivity contribution in [2.45, 2.75) is 19.8 Å². The van der Waals surface area contributed by atoms with E-state index in [4.69, 9.17) is 11.6 Å². The van der Waals surface area contributed by atoms with Crippen molar-refractivity contribution >= 4 is 17.0 Å². The predicted molar refractivity (Wildman–Crippen MR) is 41.2 cm³/mol. The number of likely N-dealkylation sites (tertiary alicyclic amines) is 1. The minimum absolute atomic E-state index is 0.299. The van der Waals surface area contributed by atoms with Gasteiger partial charge in [0.25, 0.3) is 0 Å². The first-order valence-electron chi connectivity index (χ1n) is 3.64. The lowest BCUT2D eigenvalue weighted by atomic mass is 10.0. The van der Waals surface area contributed by atoms with Gasteiger partial charge < -0.3 is 4.90 Å². The molecule has 0 spiro atoms. The summed E-state index contributed by atoms with van der Waals surface area (Å²) >= 11 is 5.31. The highest BCUT2D eigenvalue weighted by atomic mass is 35.5. The van der Waals surface area contributed by atoms with Crippen LogP contribution in [-0.2, 0) is 0 Å². The highest BCUT2D eigenvalue weighted by Crippen LogP contribution is 2.16. The molecule has 2 nitrogen and oxygen atoms in total. The van der Waals surface area contributed by atoms with Gasteiger partial charge in [-0.3, -0.25) is 4.79 Å². The van der Waals surface area contributed by atoms with Gasteiger partial charge in [-0.2, -0.15) is 0 Å². The highest BCUT2D eigenvalue weighted by molar-refractivity contribution is 6.62. The molecule has 1 amide bonds. The monoisotopic (exact) mass is 161 g/mol. The first kappa shape index (κ1) is 7.86. The molecule has 0 bridgehead atoms. The summed E-state index contributed by atoms with van der Waals surface area (Å²) in [6.45, 7) is 3.82. The maximum atomic E-state index is 10.6. The zero-order chi connectivity index (χ0) is 7.56. The molecular formula is C7H12ClNO. The Morgan fingerprint density at radius 2 is 2.40 bits per heavy atom. The van der Waals surface area contributed by atoms with Crippen LogP contribution in [0.5, 0.6) is 0 Å². The van der Waals surface area contributed by atoms with E-state index in [0.29, 0.717) is 5.92 Å². The molecule has 0 aromatic carbocycles. The summed E-state index contributed by atoms with van der Waals surface area (Å²) in [6, 6.07) is 0. The number of piperidine rings is 1. The van der Waals surface area contributed by atoms with Crippen LogP contribution in [0.3, 0.4) is 0 Å². The van der Waals surface area contributed by atoms with Gasteiger partial charge in [-0.25, -0.2) is 0 Å². The normalized spacial score (nSPS) is 26.6. The fourth-order valence-corrected chi connectivity index (χ4v) is 1.50. The molecule has 1 aliphatic heterocycles. The summed E-state index contributed by atoms with van der Waals surface area (Å²) in [5.74, 6) is 0.622. The largest absolute Gasteiger partial charge is 0.329 e. The summed E-state index contributed by atoms with van der Waals surface area (Å²) in [4.78, 5) is 12.3. The van der Waals surface area contributed by atoms with Crippen molar-refractivity contribution in [1.29, 1.82) is 0 Å². The first-order valence-corrected chi connectivity index (χ1v) is 4.02. The number of carbonyl (C=O) groups is 1. The van der Waals surface area contributed by atoms with E-state index in [1.54, 1.807) is 4.90 Å². The summed E-state index contributed by atoms with van der Waals surface area (Å²) in [6.07, 6.45) is 2.32. The number of hydrogen-bond acceptors (Lipinski definition) is 1. The molecule has 0 saturated carbocycles. The maximum absolute atomic E-state index is 10.6. The van der Waals surface area contributed by atoms with Crippen LogP contribution in [0.25, 0.3) is 0 Å². The third-order valence-corrected chi connectivity index (χ3v) is 2.14. The number of nitrogens with zero attached hydrogens (tertiary/aromatic N) is 1. The zero-order valence-electron chi connectivity index (χ0n) is 6.14. The van der Waals surface area contributed by atoms with Gasteiger partial charge in [0.05, 0.1) is 0 Å². The highest BCUT2D eigenvalue weighted by Gasteiger charge is 2.18. The molecule has 10 heavy (non-hydrogen) atoms. The fourth-order valence-electron chi connectivity index (χ4n) is 1.35. The lowest BCUT2D eigenvalue weighted by molar-refractivity contribution is 0.191. The van der Waals surface area contributed by atoms with E-state index < -0.39 is 0 Å². The zero-order valence-corrected chi connectivity index (χ0v) is 6.90. The molecule has 1 saturated heterocycles. The van der Waals surface area contributed by atoms with Crippen molar-refractivity contribution in [1.82, 2.24) is 4.90 Å². The topological polar surface area (TPSA) is 20.3 Å². The molecular weight excluding hydrogens is 150 g/mol. The molecule has 1 atom stereocenters. The molecule has 0 radical (unpaired) electrons. The summed E-state index contributed by atoms with van der Waals surface area (Å²) in [7, 11) is 0. The Morgan fingerprint density at radius 1 is 1.70 bits per heavy atom. The number of halogens is 1. The number of hydrogen-bond donors (Lipinski definition) is 0. The molecule has 1 rings (SSSR count). The van der Waals surface area contributed by atoms with Crippen LogP contribution in [0.1, 0.15) is 19.8 Å². The minimum Gasteiger partial charge on any atom is -0.329 e. The van der Waals surface area contributed by atoms with E-state index in [0.717, 1.165) is 19.5 Å². The molecule has 0 aliphatic carbocycles. The molecule has 0 unspecified atom stereocenters. The van der Waals surface area contributed by atoms with E-state index in [-0.39, 0.29) is 5.37 Å². The number of amides is 1. The molecule has 0 aromatic heterocycles. The second-order valence-corrected chi connectivity index (χ2v) is 3.27. The van der Waals surface area contributed by atoms with Gasteiger partial charge in [0, 0.05) is 13.1 Å². The molecule has 0 N–H and O–H groups in total. The van der Waals surface area contributed by atoms with E-state index in [1.165, 1.54) is 6.42 Å². The van der Waals surface area contributed by atoms with Crippen molar-refractivity contribution in [3.8, 4) is 0 Å². The Hall–Kier alpha value is -0.240. The summed E-state index contributed by atoms with van der Waals surface area (Å²) < 4.78 is 0. The van der Waals surface area contributed by atoms with Crippen LogP contribution >= 0.6 is 11.6 Å². The van der Waals surface area contributed by atoms with E-state index in [1.807, 2.05) is 0 Å². The van der Waals surface area contributed by atoms with Crippen LogP contribution in [-0.4, -0.2) is 23.4 Å². The van der Waals surface area contributed by atoms with Crippen molar-refractivity contribution in [3.05, 3.63) is 0 Å². The average Bonchev–Trinajstić information content (AvgIpc) is 1.88. The summed E-state index contributed by atoms with van der Waals surface area (Å²) in [5, 5.41) is -0.299. The minimum atomic E-state index is -0.299. The molecule has 1 fully saturated rings. The van der Waals surface area contributed by atoms with Gasteiger partial charge in [0.1, 0.15) is 0 Å². The van der Waals surface area contributed by atoms with Gasteiger partial charge in [-0.05, 0) is 30.4 Å². The third-order valence-electron chi connectivity index (χ3n) is 1.91. The van der Waals surface area contributed by atoms with Gasteiger partial charge in [-0.1, -0.05) is 6.92 Å². The lowest BCUT2D eigenvalue weighted by Crippen LogP contribution is -2.35. The second-order valence-electron chi connectivity index (χ2n) is 2.95. The van der Waals surface area contributed by atoms with Gasteiger partial charge in [0.2, 0.25) is 0 Å². The van der Waals surface area contributed by atoms with E-state index in [9.17, 15) is 4.79 Å². The van der Waals surface area contributed by atoms with E-state index in [2.05, 4.69) is 6.92 Å². The third kappa shape index (κ3) is 1.87. The van der Waals surface area contributed by atoms with Gasteiger partial charge in [0.15, 0.2) is 0 Å². The summed E-state index contributed by atoms with van der Waals surface area (Å²) in [5.41, 5.74) is 0. The maximum Gasteiger partial charge on any atom is 0.316 e. The van der Waals surface area contributed by atoms with E-state index >= 15 is 0 Å². The van der Waals surface area contributed by atoms with Crippen molar-refractivity contribution in [2.75, 3.05) is 13.1 Å². The number of carbonyl (C=O) groups excluding carboxylic acids is 1. The van der Waals surface area contributed by atoms with Crippen molar-refractivity contribution < 1.29 is 4.79 Å². The Kier molecular flexibility index (Phi) is 2.55. The van der Waals surface area contributed by atoms with Crippen LogP contribution in [0.2, 0.25) is 0 Å². The smallest absolute Gasteiger partial charge is 0.316 e. The van der Waals surface area contributed by atoms with Gasteiger partial charge >= 0.3 is 5.37 Å². The second kappa shape index (κ2) is 3.24. The first-order chi connectivity index (χ1) is 4.70. The Bertz CT molecular complexity index is 138. The van der Waals surface area contributed by atoms with Crippen LogP contribution < -0.4 is 0 Å². The molecule has 0 aromatic rings. The predicted octanol–water partition coefficient (Wildman–Crippen LogP) is 2.08. The van der Waals surface area contributed by atoms with Crippen LogP contribution in [0.15, 0.2) is 0 Å².